The van der Waals surface area contributed by atoms with Gasteiger partial charge >= 0.3 is 0 Å². The number of rotatable bonds is 6. The molecule has 1 N–H and O–H groups in total. The fourth-order valence-corrected chi connectivity index (χ4v) is 2.22. The van der Waals surface area contributed by atoms with Crippen LogP contribution in [0.5, 0.6) is 0 Å². The summed E-state index contributed by atoms with van der Waals surface area (Å²) < 4.78 is 3.04. The maximum absolute atomic E-state index is 11.9. The van der Waals surface area contributed by atoms with Crippen molar-refractivity contribution in [2.24, 2.45) is 5.92 Å². The van der Waals surface area contributed by atoms with Gasteiger partial charge in [0, 0.05) is 30.0 Å². The van der Waals surface area contributed by atoms with Crippen molar-refractivity contribution in [2.45, 2.75) is 19.9 Å². The van der Waals surface area contributed by atoms with Gasteiger partial charge in [-0.1, -0.05) is 35.0 Å². The lowest BCUT2D eigenvalue weighted by Gasteiger charge is -2.13. The van der Waals surface area contributed by atoms with Crippen molar-refractivity contribution in [3.8, 4) is 0 Å². The number of benzene rings is 1. The minimum absolute atomic E-state index is 0.0600. The summed E-state index contributed by atoms with van der Waals surface area (Å²) in [7, 11) is 0. The second-order valence-electron chi connectivity index (χ2n) is 4.97. The first-order valence-corrected chi connectivity index (χ1v) is 7.39. The van der Waals surface area contributed by atoms with Crippen LogP contribution in [-0.4, -0.2) is 22.0 Å². The zero-order chi connectivity index (χ0) is 14.4. The summed E-state index contributed by atoms with van der Waals surface area (Å²) in [5.41, 5.74) is 1.02. The number of imidazole rings is 1. The number of nitrogens with one attached hydrogen (secondary N) is 1. The molecule has 2 aromatic rings. The first-order chi connectivity index (χ1) is 9.63. The van der Waals surface area contributed by atoms with Crippen molar-refractivity contribution in [3.05, 3.63) is 53.0 Å². The summed E-state index contributed by atoms with van der Waals surface area (Å²) in [5.74, 6) is 0.433. The molecule has 1 unspecified atom stereocenters. The Labute approximate surface area is 127 Å². The number of aromatic nitrogens is 2. The van der Waals surface area contributed by atoms with Crippen LogP contribution < -0.4 is 5.32 Å². The molecule has 1 aromatic heterocycles. The average molecular weight is 336 g/mol. The predicted molar refractivity (Wildman–Crippen MR) is 82.2 cm³/mol. The van der Waals surface area contributed by atoms with E-state index in [4.69, 9.17) is 0 Å². The van der Waals surface area contributed by atoms with Crippen molar-refractivity contribution < 1.29 is 4.79 Å². The molecule has 0 aliphatic heterocycles. The Morgan fingerprint density at radius 1 is 1.40 bits per heavy atom. The van der Waals surface area contributed by atoms with E-state index in [1.54, 1.807) is 12.5 Å². The van der Waals surface area contributed by atoms with Crippen LogP contribution in [0.2, 0.25) is 0 Å². The third-order valence-corrected chi connectivity index (χ3v) is 3.54. The van der Waals surface area contributed by atoms with Gasteiger partial charge < -0.3 is 9.88 Å². The Hall–Kier alpha value is -1.62. The minimum atomic E-state index is 0.0600. The standard InChI is InChI=1S/C15H18BrN3O/c1-12(10-19-7-6-17-11-19)9-18-15(20)8-13-2-4-14(16)5-3-13/h2-7,11-12H,8-10H2,1H3,(H,18,20). The molecule has 0 bridgehead atoms. The molecule has 0 saturated carbocycles. The van der Waals surface area contributed by atoms with Gasteiger partial charge in [-0.2, -0.15) is 0 Å². The summed E-state index contributed by atoms with van der Waals surface area (Å²) in [4.78, 5) is 15.9. The zero-order valence-electron chi connectivity index (χ0n) is 11.4. The fraction of sp³-hybridized carbons (Fsp3) is 0.333. The molecule has 1 amide bonds. The Bertz CT molecular complexity index is 537. The molecule has 0 radical (unpaired) electrons. The van der Waals surface area contributed by atoms with Gasteiger partial charge in [0.05, 0.1) is 12.7 Å². The topological polar surface area (TPSA) is 46.9 Å². The van der Waals surface area contributed by atoms with Crippen molar-refractivity contribution in [1.29, 1.82) is 0 Å². The first kappa shape index (κ1) is 14.8. The summed E-state index contributed by atoms with van der Waals surface area (Å²) in [6.45, 7) is 3.64. The molecule has 0 saturated heterocycles. The first-order valence-electron chi connectivity index (χ1n) is 6.60. The van der Waals surface area contributed by atoms with E-state index >= 15 is 0 Å². The van der Waals surface area contributed by atoms with E-state index in [1.165, 1.54) is 0 Å². The minimum Gasteiger partial charge on any atom is -0.355 e. The molecule has 5 heteroatoms. The maximum Gasteiger partial charge on any atom is 0.224 e. The van der Waals surface area contributed by atoms with Gasteiger partial charge in [0.1, 0.15) is 0 Å². The summed E-state index contributed by atoms with van der Waals surface area (Å²) in [5, 5.41) is 2.97. The Kier molecular flexibility index (Phi) is 5.35. The SMILES string of the molecule is CC(CNC(=O)Cc1ccc(Br)cc1)Cn1ccnc1. The number of carbonyl (C=O) groups is 1. The highest BCUT2D eigenvalue weighted by molar-refractivity contribution is 9.10. The normalized spacial score (nSPS) is 12.1. The average Bonchev–Trinajstić information content (AvgIpc) is 2.92. The van der Waals surface area contributed by atoms with Gasteiger partial charge in [-0.3, -0.25) is 4.79 Å². The molecule has 20 heavy (non-hydrogen) atoms. The smallest absolute Gasteiger partial charge is 0.224 e. The number of halogens is 1. The predicted octanol–water partition coefficient (Wildman–Crippen LogP) is 2.64. The van der Waals surface area contributed by atoms with Crippen LogP contribution in [0.25, 0.3) is 0 Å². The molecule has 1 atom stereocenters. The molecule has 0 fully saturated rings. The van der Waals surface area contributed by atoms with Crippen molar-refractivity contribution in [1.82, 2.24) is 14.9 Å². The number of nitrogens with zero attached hydrogens (tertiary/aromatic N) is 2. The molecular weight excluding hydrogens is 318 g/mol. The number of hydrogen-bond acceptors (Lipinski definition) is 2. The monoisotopic (exact) mass is 335 g/mol. The lowest BCUT2D eigenvalue weighted by Crippen LogP contribution is -2.31. The molecule has 0 aliphatic rings. The van der Waals surface area contributed by atoms with Gasteiger partial charge in [0.15, 0.2) is 0 Å². The van der Waals surface area contributed by atoms with Gasteiger partial charge in [-0.05, 0) is 23.6 Å². The highest BCUT2D eigenvalue weighted by Gasteiger charge is 2.07. The van der Waals surface area contributed by atoms with Gasteiger partial charge in [0.25, 0.3) is 0 Å². The molecular formula is C15H18BrN3O. The molecule has 106 valence electrons. The maximum atomic E-state index is 11.9. The van der Waals surface area contributed by atoms with Crippen LogP contribution in [0.1, 0.15) is 12.5 Å². The van der Waals surface area contributed by atoms with Crippen LogP contribution in [0.15, 0.2) is 47.5 Å². The molecule has 2 rings (SSSR count). The van der Waals surface area contributed by atoms with Crippen LogP contribution in [0, 0.1) is 5.92 Å². The van der Waals surface area contributed by atoms with Crippen LogP contribution in [-0.2, 0) is 17.8 Å². The number of hydrogen-bond donors (Lipinski definition) is 1. The molecule has 1 aromatic carbocycles. The largest absolute Gasteiger partial charge is 0.355 e. The fourth-order valence-electron chi connectivity index (χ4n) is 1.96. The van der Waals surface area contributed by atoms with Gasteiger partial charge in [0.2, 0.25) is 5.91 Å². The Morgan fingerprint density at radius 3 is 2.80 bits per heavy atom. The molecule has 4 nitrogen and oxygen atoms in total. The summed E-state index contributed by atoms with van der Waals surface area (Å²) in [6.07, 6.45) is 5.91. The highest BCUT2D eigenvalue weighted by atomic mass is 79.9. The van der Waals surface area contributed by atoms with E-state index in [1.807, 2.05) is 35.0 Å². The van der Waals surface area contributed by atoms with Crippen LogP contribution in [0.3, 0.4) is 0 Å². The van der Waals surface area contributed by atoms with E-state index in [2.05, 4.69) is 33.2 Å². The lowest BCUT2D eigenvalue weighted by molar-refractivity contribution is -0.120. The van der Waals surface area contributed by atoms with E-state index in [-0.39, 0.29) is 5.91 Å². The molecule has 0 spiro atoms. The zero-order valence-corrected chi connectivity index (χ0v) is 13.0. The van der Waals surface area contributed by atoms with Gasteiger partial charge in [-0.25, -0.2) is 4.98 Å². The molecule has 1 heterocycles. The summed E-state index contributed by atoms with van der Waals surface area (Å²) >= 11 is 3.38. The van der Waals surface area contributed by atoms with E-state index in [0.29, 0.717) is 18.9 Å². The van der Waals surface area contributed by atoms with E-state index in [0.717, 1.165) is 16.6 Å². The number of carbonyl (C=O) groups excluding carboxylic acids is 1. The number of amides is 1. The quantitative estimate of drug-likeness (QED) is 0.882. The van der Waals surface area contributed by atoms with Crippen molar-refractivity contribution >= 4 is 21.8 Å². The third kappa shape index (κ3) is 4.81. The van der Waals surface area contributed by atoms with Crippen molar-refractivity contribution in [3.63, 3.8) is 0 Å². The van der Waals surface area contributed by atoms with Crippen LogP contribution >= 0.6 is 15.9 Å². The van der Waals surface area contributed by atoms with Gasteiger partial charge in [-0.15, -0.1) is 0 Å². The Balaban J connectivity index is 1.73. The highest BCUT2D eigenvalue weighted by Crippen LogP contribution is 2.10. The second kappa shape index (κ2) is 7.24. The van der Waals surface area contributed by atoms with E-state index < -0.39 is 0 Å². The van der Waals surface area contributed by atoms with Crippen LogP contribution in [0.4, 0.5) is 0 Å². The third-order valence-electron chi connectivity index (χ3n) is 3.01. The van der Waals surface area contributed by atoms with E-state index in [9.17, 15) is 4.79 Å². The lowest BCUT2D eigenvalue weighted by atomic mass is 10.1. The summed E-state index contributed by atoms with van der Waals surface area (Å²) in [6, 6.07) is 7.81. The Morgan fingerprint density at radius 2 is 2.15 bits per heavy atom. The molecule has 0 aliphatic carbocycles. The second-order valence-corrected chi connectivity index (χ2v) is 5.89. The van der Waals surface area contributed by atoms with Crippen molar-refractivity contribution in [2.75, 3.05) is 6.54 Å².